The highest BCUT2D eigenvalue weighted by molar-refractivity contribution is 7.94. The van der Waals surface area contributed by atoms with Gasteiger partial charge in [0.25, 0.3) is 5.91 Å². The predicted molar refractivity (Wildman–Crippen MR) is 127 cm³/mol. The SMILES string of the molecule is O=C([O-])C1=NN(c2ccc(SOO[O-])cc2)C(=O)/C1=C\C=C\c1c(C(=O)[O-])nn(-c2ccc(S(=O)(=O)[O-])cc2)c1[O-]. The lowest BCUT2D eigenvalue weighted by molar-refractivity contribution is -0.777. The van der Waals surface area contributed by atoms with E-state index in [1.807, 2.05) is 0 Å². The number of carbonyl (C=O) groups excluding carboxylic acids is 3. The van der Waals surface area contributed by atoms with Gasteiger partial charge in [0.1, 0.15) is 21.5 Å². The fourth-order valence-electron chi connectivity index (χ4n) is 3.47. The van der Waals surface area contributed by atoms with Crippen LogP contribution in [0, 0.1) is 0 Å². The molecule has 1 aliphatic rings. The molecule has 0 N–H and O–H groups in total. The van der Waals surface area contributed by atoms with Gasteiger partial charge in [-0.25, -0.2) is 13.1 Å². The first-order valence-corrected chi connectivity index (χ1v) is 12.9. The molecule has 0 atom stereocenters. The Morgan fingerprint density at radius 3 is 2.17 bits per heavy atom. The molecule has 2 heterocycles. The summed E-state index contributed by atoms with van der Waals surface area (Å²) < 4.78 is 38.2. The maximum absolute atomic E-state index is 12.9. The van der Waals surface area contributed by atoms with Gasteiger partial charge in [0.2, 0.25) is 0 Å². The molecule has 2 aromatic carbocycles. The highest BCUT2D eigenvalue weighted by Crippen LogP contribution is 2.28. The summed E-state index contributed by atoms with van der Waals surface area (Å²) in [5, 5.41) is 57.5. The Morgan fingerprint density at radius 2 is 1.61 bits per heavy atom. The molecule has 1 aromatic heterocycles. The number of anilines is 1. The molecule has 16 nitrogen and oxygen atoms in total. The third-order valence-electron chi connectivity index (χ3n) is 5.28. The van der Waals surface area contributed by atoms with E-state index in [0.717, 1.165) is 47.5 Å². The van der Waals surface area contributed by atoms with E-state index in [4.69, 9.17) is 0 Å². The lowest BCUT2D eigenvalue weighted by Gasteiger charge is -2.13. The van der Waals surface area contributed by atoms with Gasteiger partial charge in [-0.3, -0.25) is 9.83 Å². The van der Waals surface area contributed by atoms with Crippen molar-refractivity contribution in [2.24, 2.45) is 5.10 Å². The van der Waals surface area contributed by atoms with Crippen LogP contribution in [0.5, 0.6) is 5.88 Å². The standard InChI is InChI=1S/C23H16N4O12S2/c28-20-16(18(22(30)31)24-26(20)12-4-8-14(9-5-12)40-39-38-34)2-1-3-17-19(23(32)33)25-27(21(17)29)13-6-10-15(11-7-13)41(35,36)37/h1-11,29,34H,(H,30,31)(H,32,33)(H,35,36,37)/p-5/b3-1+,16-2-. The van der Waals surface area contributed by atoms with Crippen LogP contribution in [0.3, 0.4) is 0 Å². The number of benzene rings is 2. The molecule has 0 saturated carbocycles. The maximum Gasteiger partial charge on any atom is 0.281 e. The average molecular weight is 599 g/mol. The highest BCUT2D eigenvalue weighted by atomic mass is 32.2. The zero-order valence-electron chi connectivity index (χ0n) is 19.9. The quantitative estimate of drug-likeness (QED) is 0.0770. The normalized spacial score (nSPS) is 14.7. The molecule has 0 bridgehead atoms. The first-order chi connectivity index (χ1) is 19.4. The number of allylic oxidation sites excluding steroid dienone is 2. The summed E-state index contributed by atoms with van der Waals surface area (Å²) in [5.74, 6) is -5.54. The molecule has 18 heteroatoms. The molecular weight excluding hydrogens is 588 g/mol. The first kappa shape index (κ1) is 29.1. The number of carbonyl (C=O) groups is 3. The van der Waals surface area contributed by atoms with Crippen LogP contribution >= 0.6 is 12.0 Å². The number of hydrogen-bond donors (Lipinski definition) is 0. The molecule has 0 spiro atoms. The van der Waals surface area contributed by atoms with Gasteiger partial charge < -0.3 is 34.7 Å². The molecule has 0 saturated heterocycles. The van der Waals surface area contributed by atoms with Crippen LogP contribution in [0.4, 0.5) is 5.69 Å². The molecule has 1 amide bonds. The van der Waals surface area contributed by atoms with Gasteiger partial charge in [-0.1, -0.05) is 12.2 Å². The van der Waals surface area contributed by atoms with Crippen LogP contribution in [-0.2, 0) is 29.1 Å². The summed E-state index contributed by atoms with van der Waals surface area (Å²) in [6, 6.07) is 9.48. The third kappa shape index (κ3) is 6.17. The van der Waals surface area contributed by atoms with E-state index in [1.54, 1.807) is 0 Å². The summed E-state index contributed by atoms with van der Waals surface area (Å²) in [7, 11) is -4.78. The van der Waals surface area contributed by atoms with Crippen molar-refractivity contribution in [2.75, 3.05) is 5.01 Å². The third-order valence-corrected chi connectivity index (χ3v) is 6.72. The Morgan fingerprint density at radius 1 is 0.976 bits per heavy atom. The number of nitrogens with zero attached hydrogens (tertiary/aromatic N) is 4. The molecule has 0 aliphatic carbocycles. The van der Waals surface area contributed by atoms with Crippen LogP contribution in [-0.4, -0.2) is 46.3 Å². The molecule has 41 heavy (non-hydrogen) atoms. The lowest BCUT2D eigenvalue weighted by atomic mass is 10.1. The summed E-state index contributed by atoms with van der Waals surface area (Å²) in [6.07, 6.45) is 2.91. The van der Waals surface area contributed by atoms with E-state index in [9.17, 15) is 47.9 Å². The van der Waals surface area contributed by atoms with Gasteiger partial charge in [-0.2, -0.15) is 19.5 Å². The highest BCUT2D eigenvalue weighted by Gasteiger charge is 2.31. The molecular formula is C23H11N4O12S2-5. The topological polar surface area (TPSA) is 253 Å². The lowest BCUT2D eigenvalue weighted by Crippen LogP contribution is -2.32. The molecule has 1 aliphatic heterocycles. The van der Waals surface area contributed by atoms with E-state index in [-0.39, 0.29) is 11.4 Å². The fraction of sp³-hybridized carbons (Fsp3) is 0. The zero-order valence-corrected chi connectivity index (χ0v) is 21.5. The van der Waals surface area contributed by atoms with Gasteiger partial charge in [0, 0.05) is 10.5 Å². The largest absolute Gasteiger partial charge is 0.858 e. The van der Waals surface area contributed by atoms with Crippen molar-refractivity contribution < 1.29 is 57.3 Å². The van der Waals surface area contributed by atoms with Crippen LogP contribution in [0.25, 0.3) is 11.8 Å². The van der Waals surface area contributed by atoms with E-state index in [0.29, 0.717) is 21.6 Å². The number of hydrazone groups is 1. The second-order valence-electron chi connectivity index (χ2n) is 7.72. The van der Waals surface area contributed by atoms with Crippen LogP contribution in [0.1, 0.15) is 16.1 Å². The molecule has 212 valence electrons. The number of aromatic nitrogens is 2. The van der Waals surface area contributed by atoms with Gasteiger partial charge in [-0.05, 0) is 60.5 Å². The Kier molecular flexibility index (Phi) is 8.33. The van der Waals surface area contributed by atoms with Gasteiger partial charge in [0.05, 0.1) is 45.8 Å². The molecule has 0 radical (unpaired) electrons. The second kappa shape index (κ2) is 11.7. The maximum atomic E-state index is 12.9. The average Bonchev–Trinajstić information content (AvgIpc) is 3.44. The monoisotopic (exact) mass is 599 g/mol. The van der Waals surface area contributed by atoms with Crippen LogP contribution < -0.4 is 25.6 Å². The Balaban J connectivity index is 1.65. The van der Waals surface area contributed by atoms with Crippen molar-refractivity contribution in [3.8, 4) is 11.6 Å². The minimum absolute atomic E-state index is 0.0765. The Labute approximate surface area is 233 Å². The Bertz CT molecular complexity index is 1730. The number of hydrogen-bond acceptors (Lipinski definition) is 15. The number of aromatic carboxylic acids is 1. The van der Waals surface area contributed by atoms with E-state index in [1.165, 1.54) is 24.3 Å². The number of carboxylic acids is 2. The minimum atomic E-state index is -4.78. The smallest absolute Gasteiger partial charge is 0.281 e. The number of carboxylic acid groups (broad SMARTS) is 2. The summed E-state index contributed by atoms with van der Waals surface area (Å²) in [5.41, 5.74) is -2.50. The second-order valence-corrected chi connectivity index (χ2v) is 9.87. The van der Waals surface area contributed by atoms with E-state index >= 15 is 0 Å². The molecule has 3 aromatic rings. The fourth-order valence-corrected chi connectivity index (χ4v) is 4.29. The minimum Gasteiger partial charge on any atom is -0.858 e. The van der Waals surface area contributed by atoms with Gasteiger partial charge in [-0.15, -0.1) is 0 Å². The number of rotatable bonds is 10. The number of aliphatic carboxylic acids is 1. The Hall–Kier alpha value is -4.85. The van der Waals surface area contributed by atoms with Crippen LogP contribution in [0.2, 0.25) is 0 Å². The van der Waals surface area contributed by atoms with Gasteiger partial charge in [0.15, 0.2) is 0 Å². The molecule has 0 unspecified atom stereocenters. The molecule has 0 fully saturated rings. The molecule has 4 rings (SSSR count). The van der Waals surface area contributed by atoms with E-state index < -0.39 is 61.3 Å². The predicted octanol–water partition coefficient (Wildman–Crippen LogP) is -2.46. The van der Waals surface area contributed by atoms with Crippen molar-refractivity contribution in [3.05, 3.63) is 77.5 Å². The summed E-state index contributed by atoms with van der Waals surface area (Å²) >= 11 is 0.580. The summed E-state index contributed by atoms with van der Waals surface area (Å²) in [4.78, 5) is 36.0. The summed E-state index contributed by atoms with van der Waals surface area (Å²) in [6.45, 7) is 0. The van der Waals surface area contributed by atoms with Crippen molar-refractivity contribution in [1.82, 2.24) is 9.78 Å². The van der Waals surface area contributed by atoms with Crippen molar-refractivity contribution in [3.63, 3.8) is 0 Å². The van der Waals surface area contributed by atoms with E-state index in [2.05, 4.69) is 19.6 Å². The van der Waals surface area contributed by atoms with Crippen molar-refractivity contribution >= 4 is 57.5 Å². The number of amides is 1. The van der Waals surface area contributed by atoms with Crippen LogP contribution in [0.15, 0.2) is 81.1 Å². The zero-order chi connectivity index (χ0) is 29.9. The van der Waals surface area contributed by atoms with Crippen molar-refractivity contribution in [2.45, 2.75) is 9.79 Å². The van der Waals surface area contributed by atoms with Gasteiger partial charge >= 0.3 is 0 Å². The van der Waals surface area contributed by atoms with Crippen molar-refractivity contribution in [1.29, 1.82) is 0 Å². The first-order valence-electron chi connectivity index (χ1n) is 10.8.